The standard InChI is InChI=1S/C19H16BrOP.B/c1-21-15-11-13-17(14-12-15)22(16-7-3-2-4-8-16)19-10-6-5-9-18(19)20;/h2-14H,1H3;. The van der Waals surface area contributed by atoms with Gasteiger partial charge in [0.1, 0.15) is 5.75 Å². The minimum Gasteiger partial charge on any atom is -0.497 e. The highest BCUT2D eigenvalue weighted by atomic mass is 79.9. The first-order valence-corrected chi connectivity index (χ1v) is 9.17. The van der Waals surface area contributed by atoms with Gasteiger partial charge in [0.05, 0.1) is 7.11 Å². The molecule has 23 heavy (non-hydrogen) atoms. The maximum Gasteiger partial charge on any atom is 0.118 e. The second-order valence-corrected chi connectivity index (χ2v) is 7.86. The molecule has 0 aliphatic rings. The molecule has 113 valence electrons. The molecule has 4 heteroatoms. The van der Waals surface area contributed by atoms with Crippen molar-refractivity contribution in [3.05, 3.63) is 83.3 Å². The zero-order chi connectivity index (χ0) is 15.4. The molecule has 0 saturated heterocycles. The topological polar surface area (TPSA) is 9.23 Å². The van der Waals surface area contributed by atoms with Crippen LogP contribution in [0.15, 0.2) is 83.3 Å². The van der Waals surface area contributed by atoms with Crippen molar-refractivity contribution in [3.63, 3.8) is 0 Å². The Bertz CT molecular complexity index is 747. The second kappa shape index (κ2) is 8.33. The fourth-order valence-corrected chi connectivity index (χ4v) is 5.48. The fraction of sp³-hybridized carbons (Fsp3) is 0.0526. The van der Waals surface area contributed by atoms with Crippen molar-refractivity contribution in [1.82, 2.24) is 0 Å². The van der Waals surface area contributed by atoms with Gasteiger partial charge < -0.3 is 4.74 Å². The smallest absolute Gasteiger partial charge is 0.118 e. The van der Waals surface area contributed by atoms with Crippen molar-refractivity contribution in [3.8, 4) is 5.75 Å². The minimum absolute atomic E-state index is 0. The molecule has 0 aromatic heterocycles. The van der Waals surface area contributed by atoms with Gasteiger partial charge in [0.2, 0.25) is 0 Å². The number of hydrogen-bond donors (Lipinski definition) is 0. The van der Waals surface area contributed by atoms with E-state index in [1.54, 1.807) is 7.11 Å². The van der Waals surface area contributed by atoms with Gasteiger partial charge in [-0.2, -0.15) is 0 Å². The Labute approximate surface area is 149 Å². The molecule has 0 saturated carbocycles. The molecular formula is C19H16BBrOP. The van der Waals surface area contributed by atoms with Crippen LogP contribution in [0, 0.1) is 0 Å². The van der Waals surface area contributed by atoms with Gasteiger partial charge in [-0.3, -0.25) is 0 Å². The Morgan fingerprint density at radius 1 is 0.739 bits per heavy atom. The normalized spacial score (nSPS) is 11.4. The number of halogens is 1. The molecule has 1 nitrogen and oxygen atoms in total. The average Bonchev–Trinajstić information content (AvgIpc) is 2.58. The monoisotopic (exact) mass is 381 g/mol. The molecule has 0 spiro atoms. The molecule has 3 rings (SSSR count). The summed E-state index contributed by atoms with van der Waals surface area (Å²) in [5.41, 5.74) is 0. The van der Waals surface area contributed by atoms with Crippen molar-refractivity contribution >= 4 is 48.2 Å². The zero-order valence-corrected chi connectivity index (χ0v) is 15.3. The van der Waals surface area contributed by atoms with Crippen LogP contribution in [0.1, 0.15) is 0 Å². The lowest BCUT2D eigenvalue weighted by Crippen LogP contribution is -2.21. The molecular weight excluding hydrogens is 366 g/mol. The molecule has 3 radical (unpaired) electrons. The maximum atomic E-state index is 5.28. The van der Waals surface area contributed by atoms with E-state index in [2.05, 4.69) is 82.7 Å². The van der Waals surface area contributed by atoms with E-state index >= 15 is 0 Å². The maximum absolute atomic E-state index is 5.28. The van der Waals surface area contributed by atoms with Gasteiger partial charge in [-0.15, -0.1) is 0 Å². The third-order valence-electron chi connectivity index (χ3n) is 3.44. The van der Waals surface area contributed by atoms with Crippen LogP contribution in [0.4, 0.5) is 0 Å². The summed E-state index contributed by atoms with van der Waals surface area (Å²) in [6.07, 6.45) is 0. The van der Waals surface area contributed by atoms with Crippen LogP contribution in [0.2, 0.25) is 0 Å². The predicted molar refractivity (Wildman–Crippen MR) is 105 cm³/mol. The molecule has 0 amide bonds. The van der Waals surface area contributed by atoms with E-state index in [0.29, 0.717) is 0 Å². The number of rotatable bonds is 4. The van der Waals surface area contributed by atoms with Crippen LogP contribution in [0.5, 0.6) is 5.75 Å². The van der Waals surface area contributed by atoms with Crippen molar-refractivity contribution in [1.29, 1.82) is 0 Å². The first kappa shape index (κ1) is 17.8. The average molecular weight is 382 g/mol. The summed E-state index contributed by atoms with van der Waals surface area (Å²) < 4.78 is 6.44. The van der Waals surface area contributed by atoms with E-state index in [-0.39, 0.29) is 8.41 Å². The predicted octanol–water partition coefficient (Wildman–Crippen LogP) is 3.84. The Balaban J connectivity index is 0.00000192. The van der Waals surface area contributed by atoms with Gasteiger partial charge >= 0.3 is 0 Å². The summed E-state index contributed by atoms with van der Waals surface area (Å²) in [4.78, 5) is 0. The summed E-state index contributed by atoms with van der Waals surface area (Å²) >= 11 is 3.71. The number of methoxy groups -OCH3 is 1. The van der Waals surface area contributed by atoms with E-state index in [0.717, 1.165) is 10.2 Å². The highest BCUT2D eigenvalue weighted by Gasteiger charge is 2.18. The first-order valence-electron chi connectivity index (χ1n) is 7.03. The summed E-state index contributed by atoms with van der Waals surface area (Å²) in [5, 5.41) is 3.98. The van der Waals surface area contributed by atoms with E-state index in [9.17, 15) is 0 Å². The lowest BCUT2D eigenvalue weighted by Gasteiger charge is -2.20. The van der Waals surface area contributed by atoms with Gasteiger partial charge in [-0.25, -0.2) is 0 Å². The van der Waals surface area contributed by atoms with Crippen LogP contribution in [0.3, 0.4) is 0 Å². The zero-order valence-electron chi connectivity index (χ0n) is 12.8. The highest BCUT2D eigenvalue weighted by molar-refractivity contribution is 9.10. The van der Waals surface area contributed by atoms with Crippen molar-refractivity contribution in [2.75, 3.05) is 7.11 Å². The summed E-state index contributed by atoms with van der Waals surface area (Å²) in [7, 11) is 1.11. The lowest BCUT2D eigenvalue weighted by atomic mass is 10.3. The van der Waals surface area contributed by atoms with E-state index in [1.165, 1.54) is 15.9 Å². The lowest BCUT2D eigenvalue weighted by molar-refractivity contribution is 0.415. The molecule has 0 bridgehead atoms. The molecule has 1 atom stereocenters. The molecule has 3 aromatic carbocycles. The van der Waals surface area contributed by atoms with Gasteiger partial charge in [0, 0.05) is 12.9 Å². The van der Waals surface area contributed by atoms with E-state index in [1.807, 2.05) is 12.1 Å². The van der Waals surface area contributed by atoms with E-state index < -0.39 is 7.92 Å². The largest absolute Gasteiger partial charge is 0.497 e. The van der Waals surface area contributed by atoms with Crippen molar-refractivity contribution < 1.29 is 4.74 Å². The van der Waals surface area contributed by atoms with Crippen LogP contribution in [0.25, 0.3) is 0 Å². The van der Waals surface area contributed by atoms with Crippen molar-refractivity contribution in [2.45, 2.75) is 0 Å². The quantitative estimate of drug-likeness (QED) is 0.493. The molecule has 1 unspecified atom stereocenters. The van der Waals surface area contributed by atoms with Gasteiger partial charge in [-0.05, 0) is 42.0 Å². The summed E-state index contributed by atoms with van der Waals surface area (Å²) in [6, 6.07) is 27.5. The second-order valence-electron chi connectivity index (χ2n) is 4.82. The van der Waals surface area contributed by atoms with Crippen LogP contribution in [-0.4, -0.2) is 15.5 Å². The van der Waals surface area contributed by atoms with Gasteiger partial charge in [0.15, 0.2) is 0 Å². The number of ether oxygens (including phenoxy) is 1. The summed E-state index contributed by atoms with van der Waals surface area (Å²) in [5.74, 6) is 0.888. The Kier molecular flexibility index (Phi) is 6.44. The highest BCUT2D eigenvalue weighted by Crippen LogP contribution is 2.35. The third-order valence-corrected chi connectivity index (χ3v) is 6.94. The van der Waals surface area contributed by atoms with E-state index in [4.69, 9.17) is 4.74 Å². The fourth-order valence-electron chi connectivity index (χ4n) is 2.37. The minimum atomic E-state index is -0.587. The Hall–Kier alpha value is -1.57. The van der Waals surface area contributed by atoms with Gasteiger partial charge in [0.25, 0.3) is 0 Å². The van der Waals surface area contributed by atoms with Crippen LogP contribution >= 0.6 is 23.9 Å². The Morgan fingerprint density at radius 2 is 1.30 bits per heavy atom. The third kappa shape index (κ3) is 4.05. The van der Waals surface area contributed by atoms with Crippen LogP contribution in [-0.2, 0) is 0 Å². The van der Waals surface area contributed by atoms with Crippen molar-refractivity contribution in [2.24, 2.45) is 0 Å². The molecule has 0 aliphatic heterocycles. The molecule has 0 heterocycles. The molecule has 0 fully saturated rings. The molecule has 0 N–H and O–H groups in total. The number of hydrogen-bond acceptors (Lipinski definition) is 1. The van der Waals surface area contributed by atoms with Crippen LogP contribution < -0.4 is 20.7 Å². The van der Waals surface area contributed by atoms with Gasteiger partial charge in [-0.1, -0.05) is 76.6 Å². The molecule has 3 aromatic rings. The Morgan fingerprint density at radius 3 is 1.91 bits per heavy atom. The summed E-state index contributed by atoms with van der Waals surface area (Å²) in [6.45, 7) is 0. The number of benzene rings is 3. The first-order chi connectivity index (χ1) is 10.8. The molecule has 0 aliphatic carbocycles. The SMILES string of the molecule is COc1ccc(P(c2ccccc2)c2ccccc2Br)cc1.[B].